The van der Waals surface area contributed by atoms with Crippen LogP contribution in [0.3, 0.4) is 0 Å². The van der Waals surface area contributed by atoms with E-state index in [1.807, 2.05) is 0 Å². The Bertz CT molecular complexity index is 637. The summed E-state index contributed by atoms with van der Waals surface area (Å²) in [7, 11) is 0. The predicted octanol–water partition coefficient (Wildman–Crippen LogP) is 4.65. The fraction of sp³-hybridized carbons (Fsp3) is 0.565. The average molecular weight is 355 g/mol. The van der Waals surface area contributed by atoms with Crippen LogP contribution >= 0.6 is 0 Å². The van der Waals surface area contributed by atoms with E-state index in [1.54, 1.807) is 0 Å². The zero-order valence-corrected chi connectivity index (χ0v) is 16.0. The summed E-state index contributed by atoms with van der Waals surface area (Å²) in [5.41, 5.74) is 1.26. The van der Waals surface area contributed by atoms with Crippen LogP contribution in [0, 0.1) is 0 Å². The van der Waals surface area contributed by atoms with E-state index < -0.39 is 0 Å². The molecule has 1 saturated carbocycles. The minimum absolute atomic E-state index is 0.712. The maximum absolute atomic E-state index is 5.84. The van der Waals surface area contributed by atoms with Crippen molar-refractivity contribution in [2.75, 3.05) is 26.2 Å². The summed E-state index contributed by atoms with van der Waals surface area (Å²) in [5, 5.41) is 9.80. The molecule has 0 aliphatic heterocycles. The second-order valence-corrected chi connectivity index (χ2v) is 7.48. The Hall–Kier alpha value is -1.42. The summed E-state index contributed by atoms with van der Waals surface area (Å²) in [5.74, 6) is 0. The largest absolute Gasteiger partial charge is 0.377 e. The molecule has 0 aromatic heterocycles. The Morgan fingerprint density at radius 2 is 1.69 bits per heavy atom. The number of unbranched alkanes of at least 4 members (excludes halogenated alkanes) is 1. The van der Waals surface area contributed by atoms with E-state index in [9.17, 15) is 0 Å². The van der Waals surface area contributed by atoms with Gasteiger partial charge in [-0.15, -0.1) is 0 Å². The van der Waals surface area contributed by atoms with Crippen LogP contribution in [0.5, 0.6) is 0 Å². The molecule has 0 bridgehead atoms. The highest BCUT2D eigenvalue weighted by molar-refractivity contribution is 5.82. The SMILES string of the molecule is c1ccc2cc(COCCCCNCCNC3CCCCC3)ccc2c1. The van der Waals surface area contributed by atoms with E-state index in [-0.39, 0.29) is 0 Å². The molecule has 2 N–H and O–H groups in total. The van der Waals surface area contributed by atoms with Gasteiger partial charge in [-0.25, -0.2) is 0 Å². The van der Waals surface area contributed by atoms with Crippen LogP contribution in [0.15, 0.2) is 42.5 Å². The maximum Gasteiger partial charge on any atom is 0.0717 e. The Labute approximate surface area is 158 Å². The highest BCUT2D eigenvalue weighted by Crippen LogP contribution is 2.17. The van der Waals surface area contributed by atoms with Gasteiger partial charge in [-0.1, -0.05) is 55.7 Å². The van der Waals surface area contributed by atoms with Crippen molar-refractivity contribution in [2.45, 2.75) is 57.6 Å². The van der Waals surface area contributed by atoms with Gasteiger partial charge in [-0.05, 0) is 54.6 Å². The Morgan fingerprint density at radius 3 is 2.58 bits per heavy atom. The van der Waals surface area contributed by atoms with Crippen LogP contribution in [-0.2, 0) is 11.3 Å². The van der Waals surface area contributed by atoms with Crippen LogP contribution in [0.1, 0.15) is 50.5 Å². The monoisotopic (exact) mass is 354 g/mol. The smallest absolute Gasteiger partial charge is 0.0717 e. The lowest BCUT2D eigenvalue weighted by Crippen LogP contribution is -2.36. The lowest BCUT2D eigenvalue weighted by atomic mass is 9.95. The number of ether oxygens (including phenoxy) is 1. The summed E-state index contributed by atoms with van der Waals surface area (Å²) in [6.07, 6.45) is 9.29. The quantitative estimate of drug-likeness (QED) is 0.576. The summed E-state index contributed by atoms with van der Waals surface area (Å²) in [6.45, 7) is 4.82. The van der Waals surface area contributed by atoms with Crippen molar-refractivity contribution < 1.29 is 4.74 Å². The number of rotatable bonds is 11. The van der Waals surface area contributed by atoms with E-state index in [2.05, 4.69) is 53.1 Å². The summed E-state index contributed by atoms with van der Waals surface area (Å²) in [4.78, 5) is 0. The third kappa shape index (κ3) is 6.71. The van der Waals surface area contributed by atoms with E-state index >= 15 is 0 Å². The Kier molecular flexibility index (Phi) is 8.43. The average Bonchev–Trinajstić information content (AvgIpc) is 2.70. The molecule has 142 valence electrons. The molecule has 2 aromatic rings. The lowest BCUT2D eigenvalue weighted by molar-refractivity contribution is 0.117. The molecule has 3 heteroatoms. The van der Waals surface area contributed by atoms with Gasteiger partial charge in [0.2, 0.25) is 0 Å². The first kappa shape index (κ1) is 19.3. The number of nitrogens with one attached hydrogen (secondary N) is 2. The second kappa shape index (κ2) is 11.3. The molecule has 0 saturated heterocycles. The normalized spacial score (nSPS) is 15.5. The molecule has 0 spiro atoms. The molecule has 2 aromatic carbocycles. The molecule has 0 atom stereocenters. The summed E-state index contributed by atoms with van der Waals surface area (Å²) in [6, 6.07) is 15.8. The first-order valence-corrected chi connectivity index (χ1v) is 10.4. The number of hydrogen-bond donors (Lipinski definition) is 2. The number of benzene rings is 2. The van der Waals surface area contributed by atoms with Gasteiger partial charge < -0.3 is 15.4 Å². The first-order chi connectivity index (χ1) is 12.9. The molecule has 26 heavy (non-hydrogen) atoms. The van der Waals surface area contributed by atoms with Crippen molar-refractivity contribution in [1.29, 1.82) is 0 Å². The van der Waals surface area contributed by atoms with E-state index in [1.165, 1.54) is 54.9 Å². The highest BCUT2D eigenvalue weighted by Gasteiger charge is 2.11. The first-order valence-electron chi connectivity index (χ1n) is 10.4. The van der Waals surface area contributed by atoms with Crippen molar-refractivity contribution in [1.82, 2.24) is 10.6 Å². The Morgan fingerprint density at radius 1 is 0.846 bits per heavy atom. The van der Waals surface area contributed by atoms with Crippen LogP contribution in [-0.4, -0.2) is 32.3 Å². The highest BCUT2D eigenvalue weighted by atomic mass is 16.5. The third-order valence-electron chi connectivity index (χ3n) is 5.31. The minimum Gasteiger partial charge on any atom is -0.377 e. The molecule has 0 unspecified atom stereocenters. The zero-order chi connectivity index (χ0) is 17.9. The van der Waals surface area contributed by atoms with Crippen molar-refractivity contribution in [2.24, 2.45) is 0 Å². The maximum atomic E-state index is 5.84. The molecule has 0 amide bonds. The van der Waals surface area contributed by atoms with Crippen LogP contribution in [0.2, 0.25) is 0 Å². The number of fused-ring (bicyclic) bond motifs is 1. The van der Waals surface area contributed by atoms with E-state index in [4.69, 9.17) is 4.74 Å². The molecule has 3 nitrogen and oxygen atoms in total. The topological polar surface area (TPSA) is 33.3 Å². The minimum atomic E-state index is 0.712. The van der Waals surface area contributed by atoms with Crippen molar-refractivity contribution in [3.8, 4) is 0 Å². The molecular formula is C23H34N2O. The van der Waals surface area contributed by atoms with Gasteiger partial charge in [0.1, 0.15) is 0 Å². The molecule has 1 aliphatic rings. The standard InChI is InChI=1S/C23H34N2O/c1-2-10-23(11-3-1)25-16-15-24-14-6-7-17-26-19-20-12-13-21-8-4-5-9-22(21)18-20/h4-5,8-9,12-13,18,23-25H,1-3,6-7,10-11,14-17,19H2. The molecule has 0 radical (unpaired) electrons. The molecule has 3 rings (SSSR count). The third-order valence-corrected chi connectivity index (χ3v) is 5.31. The molecule has 0 heterocycles. The Balaban J connectivity index is 1.17. The fourth-order valence-corrected chi connectivity index (χ4v) is 3.77. The van der Waals surface area contributed by atoms with Crippen molar-refractivity contribution in [3.05, 3.63) is 48.0 Å². The molecular weight excluding hydrogens is 320 g/mol. The van der Waals surface area contributed by atoms with Crippen LogP contribution in [0.4, 0.5) is 0 Å². The number of hydrogen-bond acceptors (Lipinski definition) is 3. The van der Waals surface area contributed by atoms with Gasteiger partial charge in [0.15, 0.2) is 0 Å². The van der Waals surface area contributed by atoms with Gasteiger partial charge in [0, 0.05) is 25.7 Å². The van der Waals surface area contributed by atoms with Gasteiger partial charge in [-0.3, -0.25) is 0 Å². The zero-order valence-electron chi connectivity index (χ0n) is 16.0. The van der Waals surface area contributed by atoms with Gasteiger partial charge in [-0.2, -0.15) is 0 Å². The van der Waals surface area contributed by atoms with Crippen LogP contribution in [0.25, 0.3) is 10.8 Å². The molecule has 1 fully saturated rings. The van der Waals surface area contributed by atoms with Gasteiger partial charge >= 0.3 is 0 Å². The van der Waals surface area contributed by atoms with E-state index in [0.29, 0.717) is 6.61 Å². The van der Waals surface area contributed by atoms with Gasteiger partial charge in [0.05, 0.1) is 6.61 Å². The second-order valence-electron chi connectivity index (χ2n) is 7.48. The lowest BCUT2D eigenvalue weighted by Gasteiger charge is -2.22. The summed E-state index contributed by atoms with van der Waals surface area (Å²) >= 11 is 0. The van der Waals surface area contributed by atoms with Crippen molar-refractivity contribution in [3.63, 3.8) is 0 Å². The fourth-order valence-electron chi connectivity index (χ4n) is 3.77. The van der Waals surface area contributed by atoms with E-state index in [0.717, 1.165) is 38.7 Å². The van der Waals surface area contributed by atoms with Crippen molar-refractivity contribution >= 4 is 10.8 Å². The molecule has 1 aliphatic carbocycles. The van der Waals surface area contributed by atoms with Crippen LogP contribution < -0.4 is 10.6 Å². The summed E-state index contributed by atoms with van der Waals surface area (Å²) < 4.78 is 5.84. The van der Waals surface area contributed by atoms with Gasteiger partial charge in [0.25, 0.3) is 0 Å². The predicted molar refractivity (Wildman–Crippen MR) is 111 cm³/mol.